The van der Waals surface area contributed by atoms with Gasteiger partial charge in [0.15, 0.2) is 0 Å². The minimum Gasteiger partial charge on any atom is -0.497 e. The molecular weight excluding hydrogens is 616 g/mol. The van der Waals surface area contributed by atoms with Crippen LogP contribution in [0.2, 0.25) is 0 Å². The Kier molecular flexibility index (Phi) is 9.88. The van der Waals surface area contributed by atoms with E-state index < -0.39 is 28.0 Å². The third-order valence-electron chi connectivity index (χ3n) is 9.30. The molecule has 6 rings (SSSR count). The van der Waals surface area contributed by atoms with E-state index in [1.54, 1.807) is 55.1 Å². The van der Waals surface area contributed by atoms with Crippen molar-refractivity contribution in [3.05, 3.63) is 78.4 Å². The highest BCUT2D eigenvalue weighted by Crippen LogP contribution is 2.34. The molecule has 0 unspecified atom stereocenters. The van der Waals surface area contributed by atoms with Crippen molar-refractivity contribution in [2.45, 2.75) is 81.3 Å². The largest absolute Gasteiger partial charge is 0.497 e. The molecule has 0 spiro atoms. The number of sulfonamides is 1. The van der Waals surface area contributed by atoms with Gasteiger partial charge in [0.05, 0.1) is 17.5 Å². The standard InChI is InChI=1S/C35H42N6O5S/c1-25(41-32-14-8-7-13-31(32)37-38-41)35(43)40(28-17-21-30(22-18-28)47(44,45)39-23-9-4-10-24-39)33(26-15-19-29(46-2)20-16-26)34(42)36-27-11-5-3-6-12-27/h7-8,13-22,25,27,33H,3-6,9-12,23-24H2,1-2H3,(H,36,42)/t25-,33-/m0/s1. The molecule has 1 N–H and O–H groups in total. The van der Waals surface area contributed by atoms with Crippen molar-refractivity contribution in [2.75, 3.05) is 25.1 Å². The van der Waals surface area contributed by atoms with Crippen LogP contribution in [0.3, 0.4) is 0 Å². The Balaban J connectivity index is 1.43. The van der Waals surface area contributed by atoms with Gasteiger partial charge >= 0.3 is 0 Å². The topological polar surface area (TPSA) is 127 Å². The Morgan fingerprint density at radius 3 is 2.23 bits per heavy atom. The number of carbonyl (C=O) groups is 2. The number of aromatic nitrogens is 3. The summed E-state index contributed by atoms with van der Waals surface area (Å²) in [7, 11) is -2.13. The van der Waals surface area contributed by atoms with E-state index in [2.05, 4.69) is 15.6 Å². The zero-order chi connectivity index (χ0) is 33.0. The second-order valence-corrected chi connectivity index (χ2v) is 14.3. The minimum absolute atomic E-state index is 0.00250. The molecule has 2 atom stereocenters. The molecule has 0 radical (unpaired) electrons. The number of carbonyl (C=O) groups excluding carboxylic acids is 2. The van der Waals surface area contributed by atoms with Crippen LogP contribution < -0.4 is 15.0 Å². The summed E-state index contributed by atoms with van der Waals surface area (Å²) >= 11 is 0. The van der Waals surface area contributed by atoms with E-state index in [1.165, 1.54) is 21.3 Å². The van der Waals surface area contributed by atoms with Crippen LogP contribution in [0.4, 0.5) is 5.69 Å². The average Bonchev–Trinajstić information content (AvgIpc) is 3.55. The third-order valence-corrected chi connectivity index (χ3v) is 11.2. The van der Waals surface area contributed by atoms with Crippen LogP contribution in [-0.4, -0.2) is 65.8 Å². The summed E-state index contributed by atoms with van der Waals surface area (Å²) in [5.41, 5.74) is 2.31. The molecule has 1 aromatic heterocycles. The van der Waals surface area contributed by atoms with Gasteiger partial charge < -0.3 is 10.1 Å². The molecule has 11 nitrogen and oxygen atoms in total. The molecule has 1 saturated carbocycles. The Morgan fingerprint density at radius 1 is 0.894 bits per heavy atom. The summed E-state index contributed by atoms with van der Waals surface area (Å²) in [6, 6.07) is 18.9. The van der Waals surface area contributed by atoms with Crippen LogP contribution in [0, 0.1) is 0 Å². The molecule has 2 aliphatic rings. The fourth-order valence-electron chi connectivity index (χ4n) is 6.65. The summed E-state index contributed by atoms with van der Waals surface area (Å²) in [4.78, 5) is 30.7. The molecule has 1 aliphatic heterocycles. The fraction of sp³-hybridized carbons (Fsp3) is 0.429. The van der Waals surface area contributed by atoms with Crippen molar-refractivity contribution in [1.82, 2.24) is 24.6 Å². The average molecular weight is 659 g/mol. The number of hydrogen-bond acceptors (Lipinski definition) is 7. The van der Waals surface area contributed by atoms with Crippen LogP contribution in [-0.2, 0) is 19.6 Å². The number of amides is 2. The number of rotatable bonds is 10. The SMILES string of the molecule is COc1ccc([C@@H](C(=O)NC2CCCCC2)N(C(=O)[C@H](C)n2nnc3ccccc32)c2ccc(S(=O)(=O)N3CCCCC3)cc2)cc1. The van der Waals surface area contributed by atoms with Crippen molar-refractivity contribution < 1.29 is 22.7 Å². The highest BCUT2D eigenvalue weighted by atomic mass is 32.2. The van der Waals surface area contributed by atoms with Crippen LogP contribution in [0.25, 0.3) is 11.0 Å². The highest BCUT2D eigenvalue weighted by molar-refractivity contribution is 7.89. The normalized spacial score (nSPS) is 17.6. The first-order valence-electron chi connectivity index (χ1n) is 16.5. The Morgan fingerprint density at radius 2 is 1.55 bits per heavy atom. The molecule has 47 heavy (non-hydrogen) atoms. The van der Waals surface area contributed by atoms with E-state index in [0.717, 1.165) is 51.4 Å². The number of fused-ring (bicyclic) bond motifs is 1. The Hall–Kier alpha value is -4.29. The van der Waals surface area contributed by atoms with Crippen molar-refractivity contribution in [2.24, 2.45) is 0 Å². The van der Waals surface area contributed by atoms with Gasteiger partial charge in [0, 0.05) is 24.8 Å². The molecule has 2 heterocycles. The van der Waals surface area contributed by atoms with Gasteiger partial charge in [0.25, 0.3) is 5.91 Å². The van der Waals surface area contributed by atoms with Gasteiger partial charge in [-0.2, -0.15) is 4.31 Å². The lowest BCUT2D eigenvalue weighted by molar-refractivity contribution is -0.128. The summed E-state index contributed by atoms with van der Waals surface area (Å²) in [5, 5.41) is 11.8. The molecule has 0 bridgehead atoms. The number of methoxy groups -OCH3 is 1. The second kappa shape index (κ2) is 14.2. The maximum atomic E-state index is 14.8. The van der Waals surface area contributed by atoms with Crippen LogP contribution in [0.1, 0.15) is 75.9 Å². The molecule has 1 saturated heterocycles. The highest BCUT2D eigenvalue weighted by Gasteiger charge is 2.37. The van der Waals surface area contributed by atoms with Gasteiger partial charge in [-0.25, -0.2) is 13.1 Å². The van der Waals surface area contributed by atoms with E-state index >= 15 is 0 Å². The molecule has 4 aromatic rings. The lowest BCUT2D eigenvalue weighted by Gasteiger charge is -2.35. The predicted molar refractivity (Wildman–Crippen MR) is 180 cm³/mol. The van der Waals surface area contributed by atoms with Crippen LogP contribution in [0.5, 0.6) is 5.75 Å². The monoisotopic (exact) mass is 658 g/mol. The van der Waals surface area contributed by atoms with E-state index in [1.807, 2.05) is 24.3 Å². The van der Waals surface area contributed by atoms with Gasteiger partial charge in [0.1, 0.15) is 23.3 Å². The Labute approximate surface area is 275 Å². The summed E-state index contributed by atoms with van der Waals surface area (Å²) in [6.45, 7) is 2.70. The molecular formula is C35H42N6O5S. The molecule has 1 aliphatic carbocycles. The van der Waals surface area contributed by atoms with Gasteiger partial charge in [-0.15, -0.1) is 5.10 Å². The third kappa shape index (κ3) is 6.89. The summed E-state index contributed by atoms with van der Waals surface area (Å²) < 4.78 is 35.4. The number of nitrogens with zero attached hydrogens (tertiary/aromatic N) is 5. The van der Waals surface area contributed by atoms with Crippen molar-refractivity contribution in [3.63, 3.8) is 0 Å². The fourth-order valence-corrected chi connectivity index (χ4v) is 8.16. The van der Waals surface area contributed by atoms with E-state index in [4.69, 9.17) is 4.74 Å². The van der Waals surface area contributed by atoms with Crippen LogP contribution in [0.15, 0.2) is 77.7 Å². The quantitative estimate of drug-likeness (QED) is 0.242. The molecule has 12 heteroatoms. The number of para-hydroxylation sites is 1. The predicted octanol–water partition coefficient (Wildman–Crippen LogP) is 5.40. The van der Waals surface area contributed by atoms with Gasteiger partial charge in [-0.3, -0.25) is 14.5 Å². The summed E-state index contributed by atoms with van der Waals surface area (Å²) in [5.74, 6) is -0.0872. The maximum Gasteiger partial charge on any atom is 0.252 e. The van der Waals surface area contributed by atoms with Crippen molar-refractivity contribution in [3.8, 4) is 5.75 Å². The first kappa shape index (κ1) is 32.6. The zero-order valence-electron chi connectivity index (χ0n) is 26.9. The number of piperidine rings is 1. The number of hydrogen-bond donors (Lipinski definition) is 1. The number of nitrogens with one attached hydrogen (secondary N) is 1. The zero-order valence-corrected chi connectivity index (χ0v) is 27.7. The Bertz CT molecular complexity index is 1800. The van der Waals surface area contributed by atoms with Gasteiger partial charge in [-0.1, -0.05) is 55.2 Å². The molecule has 248 valence electrons. The smallest absolute Gasteiger partial charge is 0.252 e. The van der Waals surface area contributed by atoms with Gasteiger partial charge in [0.2, 0.25) is 15.9 Å². The van der Waals surface area contributed by atoms with E-state index in [9.17, 15) is 18.0 Å². The van der Waals surface area contributed by atoms with E-state index in [0.29, 0.717) is 41.1 Å². The molecule has 2 amide bonds. The maximum absolute atomic E-state index is 14.8. The molecule has 2 fully saturated rings. The first-order valence-corrected chi connectivity index (χ1v) is 17.9. The minimum atomic E-state index is -3.70. The first-order chi connectivity index (χ1) is 22.8. The second-order valence-electron chi connectivity index (χ2n) is 12.4. The van der Waals surface area contributed by atoms with Crippen molar-refractivity contribution in [1.29, 1.82) is 0 Å². The molecule has 3 aromatic carbocycles. The number of benzene rings is 3. The summed E-state index contributed by atoms with van der Waals surface area (Å²) in [6.07, 6.45) is 7.61. The number of ether oxygens (including phenoxy) is 1. The number of anilines is 1. The van der Waals surface area contributed by atoms with E-state index in [-0.39, 0.29) is 16.8 Å². The lowest BCUT2D eigenvalue weighted by atomic mass is 9.94. The van der Waals surface area contributed by atoms with Crippen molar-refractivity contribution >= 4 is 38.6 Å². The lowest BCUT2D eigenvalue weighted by Crippen LogP contribution is -2.49. The van der Waals surface area contributed by atoms with Gasteiger partial charge in [-0.05, 0) is 86.7 Å². The van der Waals surface area contributed by atoms with Crippen LogP contribution >= 0.6 is 0 Å².